The van der Waals surface area contributed by atoms with Crippen molar-refractivity contribution in [3.8, 4) is 0 Å². The number of nitrogens with zero attached hydrogens (tertiary/aromatic N) is 2. The van der Waals surface area contributed by atoms with E-state index in [0.717, 1.165) is 13.1 Å². The normalized spacial score (nSPS) is 20.1. The fourth-order valence-corrected chi connectivity index (χ4v) is 6.38. The van der Waals surface area contributed by atoms with Gasteiger partial charge in [-0.2, -0.15) is 0 Å². The smallest absolute Gasteiger partial charge is 0.246 e. The van der Waals surface area contributed by atoms with Crippen molar-refractivity contribution in [1.29, 1.82) is 0 Å². The van der Waals surface area contributed by atoms with Crippen LogP contribution in [-0.4, -0.2) is 61.1 Å². The molecule has 0 heterocycles. The topological polar surface area (TPSA) is 24.9 Å². The van der Waals surface area contributed by atoms with E-state index in [1.807, 2.05) is 14.2 Å². The zero-order valence-corrected chi connectivity index (χ0v) is 21.0. The van der Waals surface area contributed by atoms with Crippen molar-refractivity contribution < 1.29 is 9.47 Å². The van der Waals surface area contributed by atoms with Crippen LogP contribution in [-0.2, 0) is 9.47 Å². The minimum atomic E-state index is -0.633. The molecule has 0 bridgehead atoms. The van der Waals surface area contributed by atoms with Crippen molar-refractivity contribution >= 4 is 0 Å². The Hall–Kier alpha value is -0.160. The van der Waals surface area contributed by atoms with E-state index in [-0.39, 0.29) is 0 Å². The van der Waals surface area contributed by atoms with E-state index in [1.165, 1.54) is 96.3 Å². The average Bonchev–Trinajstić information content (AvgIpc) is 3.48. The molecule has 1 unspecified atom stereocenters. The maximum absolute atomic E-state index is 6.41. The Morgan fingerprint density at radius 1 is 0.733 bits per heavy atom. The molecule has 178 valence electrons. The van der Waals surface area contributed by atoms with E-state index < -0.39 is 5.91 Å². The lowest BCUT2D eigenvalue weighted by Crippen LogP contribution is -2.67. The number of ether oxygens (including phenoxy) is 2. The lowest BCUT2D eigenvalue weighted by molar-refractivity contribution is -0.335. The molecule has 4 nitrogen and oxygen atoms in total. The first kappa shape index (κ1) is 26.1. The van der Waals surface area contributed by atoms with Crippen molar-refractivity contribution in [2.24, 2.45) is 0 Å². The molecule has 2 saturated carbocycles. The second-order valence-electron chi connectivity index (χ2n) is 9.60. The molecular formula is C26H52N2O2. The Morgan fingerprint density at radius 2 is 1.27 bits per heavy atom. The van der Waals surface area contributed by atoms with Gasteiger partial charge in [0.25, 0.3) is 0 Å². The van der Waals surface area contributed by atoms with Crippen LogP contribution < -0.4 is 0 Å². The molecule has 0 aromatic carbocycles. The van der Waals surface area contributed by atoms with Gasteiger partial charge in [-0.1, -0.05) is 85.0 Å². The summed E-state index contributed by atoms with van der Waals surface area (Å²) in [6, 6.07) is 1.57. The molecular weight excluding hydrogens is 372 g/mol. The van der Waals surface area contributed by atoms with Gasteiger partial charge in [-0.05, 0) is 38.6 Å². The molecule has 4 heteroatoms. The second kappa shape index (κ2) is 14.1. The first-order valence-corrected chi connectivity index (χ1v) is 13.3. The van der Waals surface area contributed by atoms with Crippen molar-refractivity contribution in [3.63, 3.8) is 0 Å². The number of hydrogen-bond donors (Lipinski definition) is 0. The van der Waals surface area contributed by atoms with Gasteiger partial charge < -0.3 is 9.47 Å². The molecule has 0 aromatic rings. The first-order valence-electron chi connectivity index (χ1n) is 13.3. The van der Waals surface area contributed by atoms with Gasteiger partial charge in [0.15, 0.2) is 0 Å². The van der Waals surface area contributed by atoms with Crippen LogP contribution in [0.1, 0.15) is 117 Å². The lowest BCUT2D eigenvalue weighted by atomic mass is 9.97. The van der Waals surface area contributed by atoms with Gasteiger partial charge >= 0.3 is 0 Å². The highest BCUT2D eigenvalue weighted by atomic mass is 16.7. The molecule has 2 aliphatic rings. The summed E-state index contributed by atoms with van der Waals surface area (Å²) in [6.45, 7) is 9.00. The van der Waals surface area contributed by atoms with Crippen LogP contribution >= 0.6 is 0 Å². The fraction of sp³-hybridized carbons (Fsp3) is 1.00. The zero-order valence-electron chi connectivity index (χ0n) is 21.0. The van der Waals surface area contributed by atoms with E-state index in [4.69, 9.17) is 9.47 Å². The van der Waals surface area contributed by atoms with Gasteiger partial charge in [0.2, 0.25) is 5.91 Å². The number of unbranched alkanes of at least 4 members (excludes halogenated alkanes) is 5. The summed E-state index contributed by atoms with van der Waals surface area (Å²) in [4.78, 5) is 5.35. The summed E-state index contributed by atoms with van der Waals surface area (Å²) in [5, 5.41) is 0. The van der Waals surface area contributed by atoms with Crippen LogP contribution in [0.2, 0.25) is 0 Å². The maximum atomic E-state index is 6.41. The molecule has 0 aliphatic heterocycles. The Bertz CT molecular complexity index is 429. The summed E-state index contributed by atoms with van der Waals surface area (Å²) in [5.74, 6) is -0.633. The van der Waals surface area contributed by atoms with Gasteiger partial charge in [-0.25, -0.2) is 4.90 Å². The molecule has 2 aliphatic carbocycles. The first-order chi connectivity index (χ1) is 14.7. The number of likely N-dealkylation sites (N-methyl/N-ethyl adjacent to an activating group) is 2. The summed E-state index contributed by atoms with van der Waals surface area (Å²) in [6.07, 6.45) is 19.9. The third-order valence-corrected chi connectivity index (χ3v) is 7.90. The highest BCUT2D eigenvalue weighted by Crippen LogP contribution is 2.38. The summed E-state index contributed by atoms with van der Waals surface area (Å²) >= 11 is 0. The fourth-order valence-electron chi connectivity index (χ4n) is 6.38. The summed E-state index contributed by atoms with van der Waals surface area (Å²) < 4.78 is 12.8. The average molecular weight is 425 g/mol. The third kappa shape index (κ3) is 6.43. The van der Waals surface area contributed by atoms with E-state index >= 15 is 0 Å². The number of hydrogen-bond acceptors (Lipinski definition) is 4. The summed E-state index contributed by atoms with van der Waals surface area (Å²) in [7, 11) is 3.77. The Kier molecular flexibility index (Phi) is 12.2. The van der Waals surface area contributed by atoms with Crippen LogP contribution in [0.4, 0.5) is 0 Å². The van der Waals surface area contributed by atoms with Gasteiger partial charge in [0, 0.05) is 32.8 Å². The van der Waals surface area contributed by atoms with Crippen LogP contribution in [0.15, 0.2) is 0 Å². The highest BCUT2D eigenvalue weighted by Gasteiger charge is 2.50. The molecule has 2 fully saturated rings. The van der Waals surface area contributed by atoms with Crippen molar-refractivity contribution in [1.82, 2.24) is 9.80 Å². The minimum absolute atomic E-state index is 0.298. The quantitative estimate of drug-likeness (QED) is 0.206. The van der Waals surface area contributed by atoms with Crippen molar-refractivity contribution in [3.05, 3.63) is 0 Å². The standard InChI is InChI=1S/C26H52N2O2/c1-6-9-10-11-12-13-22-25(27(7-2)23-18-14-15-19-23)26(29-4,30-5)28(8-3)24-20-16-17-21-24/h23-25H,6-22H2,1-5H3. The van der Waals surface area contributed by atoms with Gasteiger partial charge in [0.1, 0.15) is 0 Å². The summed E-state index contributed by atoms with van der Waals surface area (Å²) in [5.41, 5.74) is 0. The molecule has 0 saturated heterocycles. The van der Waals surface area contributed by atoms with Crippen LogP contribution in [0.5, 0.6) is 0 Å². The van der Waals surface area contributed by atoms with Crippen LogP contribution in [0, 0.1) is 0 Å². The Morgan fingerprint density at radius 3 is 1.77 bits per heavy atom. The van der Waals surface area contributed by atoms with Crippen LogP contribution in [0.25, 0.3) is 0 Å². The predicted molar refractivity (Wildman–Crippen MR) is 128 cm³/mol. The van der Waals surface area contributed by atoms with Crippen molar-refractivity contribution in [2.75, 3.05) is 27.3 Å². The molecule has 0 amide bonds. The monoisotopic (exact) mass is 424 g/mol. The van der Waals surface area contributed by atoms with E-state index in [0.29, 0.717) is 18.1 Å². The number of methoxy groups -OCH3 is 2. The van der Waals surface area contributed by atoms with Gasteiger partial charge in [-0.15, -0.1) is 0 Å². The van der Waals surface area contributed by atoms with Gasteiger partial charge in [0.05, 0.1) is 6.04 Å². The largest absolute Gasteiger partial charge is 0.339 e. The van der Waals surface area contributed by atoms with E-state index in [9.17, 15) is 0 Å². The molecule has 0 radical (unpaired) electrons. The SMILES string of the molecule is CCCCCCCCC(N(CC)C1CCCC1)C(OC)(OC)N(CC)C1CCCC1. The molecule has 1 atom stereocenters. The maximum Gasteiger partial charge on any atom is 0.246 e. The zero-order chi connectivity index (χ0) is 21.8. The minimum Gasteiger partial charge on any atom is -0.339 e. The van der Waals surface area contributed by atoms with E-state index in [2.05, 4.69) is 30.6 Å². The highest BCUT2D eigenvalue weighted by molar-refractivity contribution is 4.95. The molecule has 0 N–H and O–H groups in total. The van der Waals surface area contributed by atoms with Crippen molar-refractivity contribution in [2.45, 2.75) is 141 Å². The molecule has 0 aromatic heterocycles. The van der Waals surface area contributed by atoms with Gasteiger partial charge in [-0.3, -0.25) is 4.90 Å². The molecule has 0 spiro atoms. The number of rotatable bonds is 16. The Balaban J connectivity index is 2.23. The lowest BCUT2D eigenvalue weighted by Gasteiger charge is -2.52. The third-order valence-electron chi connectivity index (χ3n) is 7.90. The predicted octanol–water partition coefficient (Wildman–Crippen LogP) is 6.58. The molecule has 2 rings (SSSR count). The van der Waals surface area contributed by atoms with Crippen LogP contribution in [0.3, 0.4) is 0 Å². The second-order valence-corrected chi connectivity index (χ2v) is 9.60. The van der Waals surface area contributed by atoms with E-state index in [1.54, 1.807) is 0 Å². The Labute approximate surface area is 188 Å². The molecule has 30 heavy (non-hydrogen) atoms.